The van der Waals surface area contributed by atoms with E-state index in [-0.39, 0.29) is 11.9 Å². The first-order valence-corrected chi connectivity index (χ1v) is 9.61. The Hall–Kier alpha value is -2.16. The summed E-state index contributed by atoms with van der Waals surface area (Å²) in [5.41, 5.74) is 1.93. The fourth-order valence-electron chi connectivity index (χ4n) is 3.37. The molecule has 5 heteroatoms. The molecule has 1 N–H and O–H groups in total. The van der Waals surface area contributed by atoms with E-state index < -0.39 is 0 Å². The molecule has 2 aromatic rings. The van der Waals surface area contributed by atoms with Gasteiger partial charge in [0.05, 0.1) is 11.6 Å². The fraction of sp³-hybridized carbons (Fsp3) is 0.400. The SMILES string of the molecule is C[C@@H](C(=O)Nc1sccc1C#N)N1CCC(Cc2ccccc2)CC1. The molecular weight excluding hydrogens is 330 g/mol. The Morgan fingerprint density at radius 2 is 2.04 bits per heavy atom. The Morgan fingerprint density at radius 1 is 1.32 bits per heavy atom. The van der Waals surface area contributed by atoms with Gasteiger partial charge in [0.25, 0.3) is 0 Å². The van der Waals surface area contributed by atoms with Gasteiger partial charge in [0.2, 0.25) is 5.91 Å². The van der Waals surface area contributed by atoms with E-state index in [0.717, 1.165) is 32.4 Å². The number of carbonyl (C=O) groups excluding carboxylic acids is 1. The highest BCUT2D eigenvalue weighted by Gasteiger charge is 2.27. The standard InChI is InChI=1S/C20H23N3OS/c1-15(19(24)22-20-18(14-21)9-12-25-20)23-10-7-17(8-11-23)13-16-5-3-2-4-6-16/h2-6,9,12,15,17H,7-8,10-11,13H2,1H3,(H,22,24)/t15-/m0/s1. The van der Waals surface area contributed by atoms with Crippen molar-refractivity contribution in [3.63, 3.8) is 0 Å². The quantitative estimate of drug-likeness (QED) is 0.887. The first-order chi connectivity index (χ1) is 12.2. The van der Waals surface area contributed by atoms with Crippen molar-refractivity contribution in [3.8, 4) is 6.07 Å². The molecule has 1 saturated heterocycles. The Bertz CT molecular complexity index is 742. The minimum atomic E-state index is -0.175. The third-order valence-corrected chi connectivity index (χ3v) is 5.80. The molecule has 130 valence electrons. The lowest BCUT2D eigenvalue weighted by Crippen LogP contribution is -2.46. The van der Waals surface area contributed by atoms with Crippen molar-refractivity contribution in [2.75, 3.05) is 18.4 Å². The van der Waals surface area contributed by atoms with E-state index in [1.807, 2.05) is 12.3 Å². The number of nitrogens with one attached hydrogen (secondary N) is 1. The second kappa shape index (κ2) is 8.28. The lowest BCUT2D eigenvalue weighted by molar-refractivity contribution is -0.121. The molecule has 1 aliphatic heterocycles. The molecule has 0 spiro atoms. The maximum absolute atomic E-state index is 12.5. The fourth-order valence-corrected chi connectivity index (χ4v) is 4.11. The summed E-state index contributed by atoms with van der Waals surface area (Å²) in [4.78, 5) is 14.7. The zero-order valence-corrected chi connectivity index (χ0v) is 15.3. The molecule has 25 heavy (non-hydrogen) atoms. The van der Waals surface area contributed by atoms with Gasteiger partial charge in [0.1, 0.15) is 11.1 Å². The Labute approximate surface area is 153 Å². The van der Waals surface area contributed by atoms with E-state index in [4.69, 9.17) is 5.26 Å². The molecule has 1 atom stereocenters. The lowest BCUT2D eigenvalue weighted by Gasteiger charge is -2.35. The Kier molecular flexibility index (Phi) is 5.85. The zero-order chi connectivity index (χ0) is 17.6. The van der Waals surface area contributed by atoms with Crippen LogP contribution in [0.1, 0.15) is 30.9 Å². The van der Waals surface area contributed by atoms with Crippen LogP contribution in [0.25, 0.3) is 0 Å². The number of nitriles is 1. The van der Waals surface area contributed by atoms with E-state index in [1.54, 1.807) is 6.07 Å². The van der Waals surface area contributed by atoms with Gasteiger partial charge >= 0.3 is 0 Å². The smallest absolute Gasteiger partial charge is 0.242 e. The Balaban J connectivity index is 1.50. The van der Waals surface area contributed by atoms with Crippen LogP contribution in [-0.2, 0) is 11.2 Å². The molecule has 1 fully saturated rings. The minimum Gasteiger partial charge on any atom is -0.315 e. The van der Waals surface area contributed by atoms with Gasteiger partial charge in [-0.25, -0.2) is 0 Å². The minimum absolute atomic E-state index is 0.0274. The average Bonchev–Trinajstić information content (AvgIpc) is 3.09. The van der Waals surface area contributed by atoms with Crippen LogP contribution in [0.3, 0.4) is 0 Å². The first kappa shape index (κ1) is 17.7. The predicted molar refractivity (Wildman–Crippen MR) is 102 cm³/mol. The summed E-state index contributed by atoms with van der Waals surface area (Å²) in [5.74, 6) is 0.664. The lowest BCUT2D eigenvalue weighted by atomic mass is 9.89. The number of hydrogen-bond donors (Lipinski definition) is 1. The molecule has 0 bridgehead atoms. The number of benzene rings is 1. The van der Waals surface area contributed by atoms with Gasteiger partial charge in [0.15, 0.2) is 0 Å². The predicted octanol–water partition coefficient (Wildman–Crippen LogP) is 3.90. The molecule has 3 rings (SSSR count). The molecule has 2 heterocycles. The molecule has 0 radical (unpaired) electrons. The highest BCUT2D eigenvalue weighted by atomic mass is 32.1. The average molecular weight is 353 g/mol. The molecule has 0 aliphatic carbocycles. The van der Waals surface area contributed by atoms with Gasteiger partial charge < -0.3 is 5.32 Å². The van der Waals surface area contributed by atoms with Crippen LogP contribution in [0.4, 0.5) is 5.00 Å². The van der Waals surface area contributed by atoms with Gasteiger partial charge in [-0.15, -0.1) is 11.3 Å². The molecule has 0 unspecified atom stereocenters. The van der Waals surface area contributed by atoms with Crippen LogP contribution in [0, 0.1) is 17.2 Å². The maximum atomic E-state index is 12.5. The molecule has 4 nitrogen and oxygen atoms in total. The normalized spacial score (nSPS) is 17.0. The summed E-state index contributed by atoms with van der Waals surface area (Å²) in [6.45, 7) is 3.84. The summed E-state index contributed by atoms with van der Waals surface area (Å²) < 4.78 is 0. The van der Waals surface area contributed by atoms with Gasteiger partial charge in [-0.2, -0.15) is 5.26 Å². The summed E-state index contributed by atoms with van der Waals surface area (Å²) in [5, 5.41) is 14.4. The number of amides is 1. The number of likely N-dealkylation sites (tertiary alicyclic amines) is 1. The monoisotopic (exact) mass is 353 g/mol. The molecule has 1 aromatic heterocycles. The van der Waals surface area contributed by atoms with Crippen LogP contribution in [0.15, 0.2) is 41.8 Å². The summed E-state index contributed by atoms with van der Waals surface area (Å²) in [7, 11) is 0. The van der Waals surface area contributed by atoms with Crippen molar-refractivity contribution in [3.05, 3.63) is 52.9 Å². The number of rotatable bonds is 5. The first-order valence-electron chi connectivity index (χ1n) is 8.74. The summed E-state index contributed by atoms with van der Waals surface area (Å²) >= 11 is 1.40. The number of nitrogens with zero attached hydrogens (tertiary/aromatic N) is 2. The van der Waals surface area contributed by atoms with E-state index in [1.165, 1.54) is 16.9 Å². The van der Waals surface area contributed by atoms with Gasteiger partial charge in [-0.3, -0.25) is 9.69 Å². The number of anilines is 1. The van der Waals surface area contributed by atoms with Crippen LogP contribution in [-0.4, -0.2) is 29.9 Å². The molecule has 1 aromatic carbocycles. The van der Waals surface area contributed by atoms with E-state index in [0.29, 0.717) is 16.5 Å². The number of carbonyl (C=O) groups is 1. The zero-order valence-electron chi connectivity index (χ0n) is 14.4. The maximum Gasteiger partial charge on any atom is 0.242 e. The van der Waals surface area contributed by atoms with Crippen molar-refractivity contribution in [1.29, 1.82) is 5.26 Å². The van der Waals surface area contributed by atoms with E-state index in [9.17, 15) is 4.79 Å². The Morgan fingerprint density at radius 3 is 2.72 bits per heavy atom. The van der Waals surface area contributed by atoms with Crippen LogP contribution < -0.4 is 5.32 Å². The second-order valence-corrected chi connectivity index (χ2v) is 7.53. The number of piperidine rings is 1. The highest BCUT2D eigenvalue weighted by molar-refractivity contribution is 7.14. The number of thiophene rings is 1. The second-order valence-electron chi connectivity index (χ2n) is 6.61. The highest BCUT2D eigenvalue weighted by Crippen LogP contribution is 2.25. The van der Waals surface area contributed by atoms with Gasteiger partial charge in [-0.1, -0.05) is 30.3 Å². The summed E-state index contributed by atoms with van der Waals surface area (Å²) in [6.07, 6.45) is 3.36. The van der Waals surface area contributed by atoms with Crippen LogP contribution in [0.2, 0.25) is 0 Å². The van der Waals surface area contributed by atoms with Crippen molar-refractivity contribution in [1.82, 2.24) is 4.90 Å². The molecule has 0 saturated carbocycles. The van der Waals surface area contributed by atoms with Gasteiger partial charge in [0, 0.05) is 0 Å². The van der Waals surface area contributed by atoms with Crippen LogP contribution in [0.5, 0.6) is 0 Å². The molecule has 1 amide bonds. The van der Waals surface area contributed by atoms with E-state index in [2.05, 4.69) is 46.6 Å². The topological polar surface area (TPSA) is 56.1 Å². The van der Waals surface area contributed by atoms with Crippen molar-refractivity contribution in [2.45, 2.75) is 32.2 Å². The molecular formula is C20H23N3OS. The van der Waals surface area contributed by atoms with Crippen molar-refractivity contribution < 1.29 is 4.79 Å². The van der Waals surface area contributed by atoms with Crippen molar-refractivity contribution in [2.24, 2.45) is 5.92 Å². The summed E-state index contributed by atoms with van der Waals surface area (Å²) in [6, 6.07) is 14.3. The number of hydrogen-bond acceptors (Lipinski definition) is 4. The molecule has 1 aliphatic rings. The van der Waals surface area contributed by atoms with Gasteiger partial charge in [-0.05, 0) is 62.2 Å². The van der Waals surface area contributed by atoms with Crippen LogP contribution >= 0.6 is 11.3 Å². The van der Waals surface area contributed by atoms with Crippen molar-refractivity contribution >= 4 is 22.2 Å². The largest absolute Gasteiger partial charge is 0.315 e. The third kappa shape index (κ3) is 4.47. The third-order valence-electron chi connectivity index (χ3n) is 4.97. The van der Waals surface area contributed by atoms with E-state index >= 15 is 0 Å².